The average Bonchev–Trinajstić information content (AvgIpc) is 3.10. The van der Waals surface area contributed by atoms with Gasteiger partial charge < -0.3 is 0 Å². The third-order valence-corrected chi connectivity index (χ3v) is 6.53. The summed E-state index contributed by atoms with van der Waals surface area (Å²) >= 11 is 1.31. The molecule has 0 radical (unpaired) electrons. The molecule has 8 heteroatoms. The van der Waals surface area contributed by atoms with Crippen molar-refractivity contribution >= 4 is 21.4 Å². The second-order valence-electron chi connectivity index (χ2n) is 4.52. The molecule has 0 amide bonds. The molecule has 1 aliphatic rings. The van der Waals surface area contributed by atoms with Crippen LogP contribution in [-0.2, 0) is 10.0 Å². The van der Waals surface area contributed by atoms with Gasteiger partial charge >= 0.3 is 0 Å². The molecule has 0 unspecified atom stereocenters. The zero-order chi connectivity index (χ0) is 13.5. The van der Waals surface area contributed by atoms with Gasteiger partial charge in [-0.15, -0.1) is 11.3 Å². The summed E-state index contributed by atoms with van der Waals surface area (Å²) in [5.74, 6) is 0. The van der Waals surface area contributed by atoms with E-state index < -0.39 is 10.0 Å². The molecule has 0 N–H and O–H groups in total. The van der Waals surface area contributed by atoms with Crippen molar-refractivity contribution in [3.63, 3.8) is 0 Å². The lowest BCUT2D eigenvalue weighted by Crippen LogP contribution is -2.29. The van der Waals surface area contributed by atoms with Crippen molar-refractivity contribution in [1.82, 2.24) is 19.3 Å². The first-order valence-electron chi connectivity index (χ1n) is 6.00. The maximum atomic E-state index is 12.4. The zero-order valence-corrected chi connectivity index (χ0v) is 12.1. The summed E-state index contributed by atoms with van der Waals surface area (Å²) in [4.78, 5) is 2.60. The number of aryl methyl sites for hydroxylation is 1. The van der Waals surface area contributed by atoms with Gasteiger partial charge in [0.1, 0.15) is 4.21 Å². The molecule has 2 aromatic heterocycles. The van der Waals surface area contributed by atoms with Gasteiger partial charge in [-0.25, -0.2) is 8.42 Å². The highest BCUT2D eigenvalue weighted by Gasteiger charge is 2.34. The fourth-order valence-corrected chi connectivity index (χ4v) is 5.14. The van der Waals surface area contributed by atoms with E-state index in [-0.39, 0.29) is 6.04 Å². The molecule has 1 fully saturated rings. The van der Waals surface area contributed by atoms with Crippen LogP contribution in [0.5, 0.6) is 0 Å². The third kappa shape index (κ3) is 2.31. The minimum Gasteiger partial charge on any atom is -0.206 e. The lowest BCUT2D eigenvalue weighted by molar-refractivity contribution is 0.403. The van der Waals surface area contributed by atoms with E-state index in [1.54, 1.807) is 23.3 Å². The summed E-state index contributed by atoms with van der Waals surface area (Å²) in [5.41, 5.74) is 0. The van der Waals surface area contributed by atoms with Crippen LogP contribution in [0.2, 0.25) is 0 Å². The van der Waals surface area contributed by atoms with Crippen LogP contribution in [0, 0.1) is 6.92 Å². The Labute approximate surface area is 115 Å². The van der Waals surface area contributed by atoms with Crippen LogP contribution >= 0.6 is 11.3 Å². The summed E-state index contributed by atoms with van der Waals surface area (Å²) in [7, 11) is -3.36. The molecule has 1 saturated heterocycles. The van der Waals surface area contributed by atoms with Crippen molar-refractivity contribution in [2.45, 2.75) is 23.6 Å². The Morgan fingerprint density at radius 2 is 2.05 bits per heavy atom. The molecule has 0 saturated carbocycles. The number of sulfonamides is 1. The third-order valence-electron chi connectivity index (χ3n) is 3.20. The van der Waals surface area contributed by atoms with E-state index in [0.717, 1.165) is 11.3 Å². The van der Waals surface area contributed by atoms with Gasteiger partial charge in [0.05, 0.1) is 18.4 Å². The van der Waals surface area contributed by atoms with E-state index in [2.05, 4.69) is 10.2 Å². The summed E-state index contributed by atoms with van der Waals surface area (Å²) in [5, 5.41) is 8.16. The summed E-state index contributed by atoms with van der Waals surface area (Å²) < 4.78 is 26.8. The summed E-state index contributed by atoms with van der Waals surface area (Å²) in [6, 6.07) is 3.54. The number of hydrogen-bond acceptors (Lipinski definition) is 5. The number of hydrogen-bond donors (Lipinski definition) is 0. The number of rotatable bonds is 3. The van der Waals surface area contributed by atoms with Crippen LogP contribution in [0.1, 0.15) is 17.3 Å². The van der Waals surface area contributed by atoms with Crippen LogP contribution in [0.3, 0.4) is 0 Å². The molecule has 6 nitrogen and oxygen atoms in total. The van der Waals surface area contributed by atoms with E-state index in [1.807, 2.05) is 13.0 Å². The van der Waals surface area contributed by atoms with Gasteiger partial charge in [0, 0.05) is 18.0 Å². The normalized spacial score (nSPS) is 21.0. The van der Waals surface area contributed by atoms with Crippen LogP contribution in [0.15, 0.2) is 28.7 Å². The van der Waals surface area contributed by atoms with Crippen molar-refractivity contribution in [1.29, 1.82) is 0 Å². The largest absolute Gasteiger partial charge is 0.252 e. The topological polar surface area (TPSA) is 68.1 Å². The van der Waals surface area contributed by atoms with Crippen LogP contribution in [0.25, 0.3) is 0 Å². The van der Waals surface area contributed by atoms with Crippen molar-refractivity contribution in [2.24, 2.45) is 0 Å². The number of thiophene rings is 1. The van der Waals surface area contributed by atoms with E-state index in [1.165, 1.54) is 15.6 Å². The van der Waals surface area contributed by atoms with Crippen LogP contribution < -0.4 is 0 Å². The van der Waals surface area contributed by atoms with Crippen molar-refractivity contribution in [3.05, 3.63) is 29.4 Å². The highest BCUT2D eigenvalue weighted by atomic mass is 32.2. The smallest absolute Gasteiger partial charge is 0.206 e. The molecule has 0 aliphatic carbocycles. The molecule has 3 heterocycles. The Hall–Kier alpha value is -1.25. The van der Waals surface area contributed by atoms with E-state index in [9.17, 15) is 8.42 Å². The van der Waals surface area contributed by atoms with Gasteiger partial charge in [-0.2, -0.15) is 19.3 Å². The maximum Gasteiger partial charge on any atom is 0.252 e. The van der Waals surface area contributed by atoms with Gasteiger partial charge in [-0.3, -0.25) is 0 Å². The van der Waals surface area contributed by atoms with Crippen molar-refractivity contribution < 1.29 is 8.42 Å². The lowest BCUT2D eigenvalue weighted by atomic mass is 10.3. The average molecular weight is 298 g/mol. The van der Waals surface area contributed by atoms with Crippen LogP contribution in [-0.4, -0.2) is 40.8 Å². The van der Waals surface area contributed by atoms with E-state index in [4.69, 9.17) is 0 Å². The Kier molecular flexibility index (Phi) is 3.15. The molecule has 0 spiro atoms. The molecule has 3 rings (SSSR count). The van der Waals surface area contributed by atoms with Crippen LogP contribution in [0.4, 0.5) is 0 Å². The fourth-order valence-electron chi connectivity index (χ4n) is 2.21. The van der Waals surface area contributed by atoms with Gasteiger partial charge in [-0.1, -0.05) is 0 Å². The van der Waals surface area contributed by atoms with Gasteiger partial charge in [-0.05, 0) is 25.5 Å². The second-order valence-corrected chi connectivity index (χ2v) is 7.97. The maximum absolute atomic E-state index is 12.4. The molecule has 1 atom stereocenters. The minimum atomic E-state index is -3.36. The molecule has 19 heavy (non-hydrogen) atoms. The Bertz CT molecular complexity index is 663. The zero-order valence-electron chi connectivity index (χ0n) is 10.4. The molecule has 0 aromatic carbocycles. The standard InChI is InChI=1S/C11H14N4O2S2/c1-9-2-3-11(18-9)19(16,17)14-7-4-10(8-14)15-12-5-6-13-15/h2-3,5-6,10H,4,7-8H2,1H3/t10-/m1/s1. The SMILES string of the molecule is Cc1ccc(S(=O)(=O)N2CC[C@@H](n3nccn3)C2)s1. The molecule has 1 aliphatic heterocycles. The summed E-state index contributed by atoms with van der Waals surface area (Å²) in [6.07, 6.45) is 3.97. The predicted molar refractivity (Wildman–Crippen MR) is 71.5 cm³/mol. The Morgan fingerprint density at radius 3 is 2.68 bits per heavy atom. The highest BCUT2D eigenvalue weighted by molar-refractivity contribution is 7.91. The Balaban J connectivity index is 1.81. The first kappa shape index (κ1) is 12.8. The number of aromatic nitrogens is 3. The monoisotopic (exact) mass is 298 g/mol. The Morgan fingerprint density at radius 1 is 1.32 bits per heavy atom. The predicted octanol–water partition coefficient (Wildman–Crippen LogP) is 1.28. The van der Waals surface area contributed by atoms with E-state index in [0.29, 0.717) is 17.3 Å². The second kappa shape index (κ2) is 4.69. The first-order valence-corrected chi connectivity index (χ1v) is 8.25. The minimum absolute atomic E-state index is 0.0332. The molecule has 102 valence electrons. The molecular weight excluding hydrogens is 284 g/mol. The van der Waals surface area contributed by atoms with Crippen molar-refractivity contribution in [3.8, 4) is 0 Å². The quantitative estimate of drug-likeness (QED) is 0.856. The fraction of sp³-hybridized carbons (Fsp3) is 0.455. The van der Waals surface area contributed by atoms with Gasteiger partial charge in [0.25, 0.3) is 10.0 Å². The highest BCUT2D eigenvalue weighted by Crippen LogP contribution is 2.29. The molecule has 0 bridgehead atoms. The summed E-state index contributed by atoms with van der Waals surface area (Å²) in [6.45, 7) is 2.86. The molecule has 2 aromatic rings. The van der Waals surface area contributed by atoms with Gasteiger partial charge in [0.15, 0.2) is 0 Å². The first-order chi connectivity index (χ1) is 9.07. The lowest BCUT2D eigenvalue weighted by Gasteiger charge is -2.14. The van der Waals surface area contributed by atoms with Gasteiger partial charge in [0.2, 0.25) is 0 Å². The van der Waals surface area contributed by atoms with Crippen molar-refractivity contribution in [2.75, 3.05) is 13.1 Å². The van der Waals surface area contributed by atoms with E-state index >= 15 is 0 Å². The molecular formula is C11H14N4O2S2. The number of nitrogens with zero attached hydrogens (tertiary/aromatic N) is 4.